The summed E-state index contributed by atoms with van der Waals surface area (Å²) in [7, 11) is 0. The summed E-state index contributed by atoms with van der Waals surface area (Å²) in [4.78, 5) is 2.58. The van der Waals surface area contributed by atoms with Gasteiger partial charge in [-0.1, -0.05) is 43.6 Å². The summed E-state index contributed by atoms with van der Waals surface area (Å²) in [5.74, 6) is 0.859. The molecule has 1 aliphatic rings. The second-order valence-corrected chi connectivity index (χ2v) is 6.02. The fraction of sp³-hybridized carbons (Fsp3) is 0.625. The second kappa shape index (κ2) is 7.28. The van der Waals surface area contributed by atoms with Crippen LogP contribution < -0.4 is 5.32 Å². The summed E-state index contributed by atoms with van der Waals surface area (Å²) in [5.41, 5.74) is 1.23. The number of nitrogens with one attached hydrogen (secondary N) is 1. The molecule has 0 radical (unpaired) electrons. The number of likely N-dealkylation sites (tertiary alicyclic amines) is 1. The molecule has 0 spiro atoms. The van der Waals surface area contributed by atoms with Crippen molar-refractivity contribution in [3.63, 3.8) is 0 Å². The molecule has 2 nitrogen and oxygen atoms in total. The molecule has 0 amide bonds. The Morgan fingerprint density at radius 1 is 1.42 bits per heavy atom. The molecule has 2 rings (SSSR count). The maximum absolute atomic E-state index is 6.32. The third-order valence-corrected chi connectivity index (χ3v) is 4.32. The lowest BCUT2D eigenvalue weighted by Crippen LogP contribution is -2.28. The van der Waals surface area contributed by atoms with Gasteiger partial charge in [0.05, 0.1) is 0 Å². The molecule has 0 aromatic heterocycles. The summed E-state index contributed by atoms with van der Waals surface area (Å²) < 4.78 is 0. The molecule has 1 aromatic carbocycles. The van der Waals surface area contributed by atoms with E-state index in [2.05, 4.69) is 36.2 Å². The molecule has 1 heterocycles. The first-order valence-electron chi connectivity index (χ1n) is 7.41. The van der Waals surface area contributed by atoms with Crippen molar-refractivity contribution in [2.24, 2.45) is 5.92 Å². The Kier molecular flexibility index (Phi) is 5.68. The third-order valence-electron chi connectivity index (χ3n) is 3.97. The van der Waals surface area contributed by atoms with Gasteiger partial charge in [-0.05, 0) is 50.0 Å². The Morgan fingerprint density at radius 2 is 2.21 bits per heavy atom. The van der Waals surface area contributed by atoms with E-state index in [1.165, 1.54) is 25.1 Å². The van der Waals surface area contributed by atoms with Crippen LogP contribution in [0.2, 0.25) is 5.02 Å². The lowest BCUT2D eigenvalue weighted by atomic mass is 10.0. The minimum atomic E-state index is 0.370. The minimum Gasteiger partial charge on any atom is -0.310 e. The molecule has 2 unspecified atom stereocenters. The Balaban J connectivity index is 1.94. The Bertz CT molecular complexity index is 394. The highest BCUT2D eigenvalue weighted by atomic mass is 35.5. The van der Waals surface area contributed by atoms with Crippen molar-refractivity contribution in [2.75, 3.05) is 26.2 Å². The van der Waals surface area contributed by atoms with Gasteiger partial charge in [-0.25, -0.2) is 0 Å². The van der Waals surface area contributed by atoms with Gasteiger partial charge in [-0.15, -0.1) is 0 Å². The first kappa shape index (κ1) is 14.8. The third kappa shape index (κ3) is 4.20. The maximum atomic E-state index is 6.32. The van der Waals surface area contributed by atoms with Crippen LogP contribution in [0.15, 0.2) is 24.3 Å². The molecule has 0 saturated carbocycles. The minimum absolute atomic E-state index is 0.370. The van der Waals surface area contributed by atoms with Gasteiger partial charge in [-0.2, -0.15) is 0 Å². The lowest BCUT2D eigenvalue weighted by molar-refractivity contribution is 0.303. The summed E-state index contributed by atoms with van der Waals surface area (Å²) in [6, 6.07) is 8.57. The van der Waals surface area contributed by atoms with Crippen LogP contribution in [0.25, 0.3) is 0 Å². The zero-order chi connectivity index (χ0) is 13.7. The smallest absolute Gasteiger partial charge is 0.0453 e. The van der Waals surface area contributed by atoms with E-state index in [0.717, 1.165) is 30.5 Å². The Hall–Kier alpha value is -0.570. The molecule has 0 bridgehead atoms. The van der Waals surface area contributed by atoms with Crippen molar-refractivity contribution >= 4 is 11.6 Å². The van der Waals surface area contributed by atoms with E-state index in [9.17, 15) is 0 Å². The molecule has 1 saturated heterocycles. The van der Waals surface area contributed by atoms with Crippen LogP contribution in [-0.2, 0) is 0 Å². The van der Waals surface area contributed by atoms with Gasteiger partial charge >= 0.3 is 0 Å². The topological polar surface area (TPSA) is 15.3 Å². The lowest BCUT2D eigenvalue weighted by Gasteiger charge is -2.23. The van der Waals surface area contributed by atoms with Crippen LogP contribution in [-0.4, -0.2) is 31.1 Å². The van der Waals surface area contributed by atoms with E-state index in [1.54, 1.807) is 0 Å². The highest BCUT2D eigenvalue weighted by Gasteiger charge is 2.20. The largest absolute Gasteiger partial charge is 0.310 e. The van der Waals surface area contributed by atoms with Crippen LogP contribution >= 0.6 is 11.6 Å². The first-order chi connectivity index (χ1) is 9.20. The SMILES string of the molecule is CCNC(CCN1CCC(C)C1)c1ccccc1Cl. The molecule has 1 fully saturated rings. The van der Waals surface area contributed by atoms with Crippen molar-refractivity contribution in [2.45, 2.75) is 32.7 Å². The summed E-state index contributed by atoms with van der Waals surface area (Å²) in [6.07, 6.45) is 2.47. The zero-order valence-electron chi connectivity index (χ0n) is 12.0. The average molecular weight is 281 g/mol. The van der Waals surface area contributed by atoms with Gasteiger partial charge in [0.15, 0.2) is 0 Å². The molecule has 3 heteroatoms. The van der Waals surface area contributed by atoms with Crippen molar-refractivity contribution < 1.29 is 0 Å². The maximum Gasteiger partial charge on any atom is 0.0453 e. The highest BCUT2D eigenvalue weighted by Crippen LogP contribution is 2.26. The molecule has 19 heavy (non-hydrogen) atoms. The second-order valence-electron chi connectivity index (χ2n) is 5.61. The zero-order valence-corrected chi connectivity index (χ0v) is 12.8. The predicted molar refractivity (Wildman–Crippen MR) is 82.7 cm³/mol. The summed E-state index contributed by atoms with van der Waals surface area (Å²) in [6.45, 7) is 9.14. The van der Waals surface area contributed by atoms with Crippen LogP contribution in [0.1, 0.15) is 38.3 Å². The first-order valence-corrected chi connectivity index (χ1v) is 7.78. The van der Waals surface area contributed by atoms with Crippen LogP contribution in [0.4, 0.5) is 0 Å². The number of benzene rings is 1. The quantitative estimate of drug-likeness (QED) is 0.854. The van der Waals surface area contributed by atoms with Crippen molar-refractivity contribution in [3.05, 3.63) is 34.9 Å². The molecule has 1 aliphatic heterocycles. The van der Waals surface area contributed by atoms with E-state index < -0.39 is 0 Å². The number of hydrogen-bond acceptors (Lipinski definition) is 2. The van der Waals surface area contributed by atoms with Crippen molar-refractivity contribution in [3.8, 4) is 0 Å². The normalized spacial score (nSPS) is 21.7. The van der Waals surface area contributed by atoms with Crippen LogP contribution in [0, 0.1) is 5.92 Å². The number of hydrogen-bond donors (Lipinski definition) is 1. The molecule has 0 aliphatic carbocycles. The standard InChI is InChI=1S/C16H25ClN2/c1-3-18-16(14-6-4-5-7-15(14)17)9-11-19-10-8-13(2)12-19/h4-7,13,16,18H,3,8-12H2,1-2H3. The van der Waals surface area contributed by atoms with Gasteiger partial charge in [0.2, 0.25) is 0 Å². The van der Waals surface area contributed by atoms with E-state index in [1.807, 2.05) is 12.1 Å². The Morgan fingerprint density at radius 3 is 2.84 bits per heavy atom. The molecular weight excluding hydrogens is 256 g/mol. The summed E-state index contributed by atoms with van der Waals surface area (Å²) >= 11 is 6.32. The predicted octanol–water partition coefficient (Wildman–Crippen LogP) is 3.72. The molecule has 1 N–H and O–H groups in total. The number of nitrogens with zero attached hydrogens (tertiary/aromatic N) is 1. The van der Waals surface area contributed by atoms with Gasteiger partial charge in [-0.3, -0.25) is 0 Å². The highest BCUT2D eigenvalue weighted by molar-refractivity contribution is 6.31. The molecule has 1 aromatic rings. The van der Waals surface area contributed by atoms with Crippen LogP contribution in [0.3, 0.4) is 0 Å². The number of halogens is 1. The fourth-order valence-electron chi connectivity index (χ4n) is 2.91. The van der Waals surface area contributed by atoms with E-state index >= 15 is 0 Å². The van der Waals surface area contributed by atoms with E-state index in [-0.39, 0.29) is 0 Å². The van der Waals surface area contributed by atoms with Crippen molar-refractivity contribution in [1.29, 1.82) is 0 Å². The summed E-state index contributed by atoms with van der Waals surface area (Å²) in [5, 5.41) is 4.44. The molecule has 2 atom stereocenters. The Labute approximate surface area is 122 Å². The monoisotopic (exact) mass is 280 g/mol. The number of rotatable bonds is 6. The van der Waals surface area contributed by atoms with Gasteiger partial charge in [0.1, 0.15) is 0 Å². The van der Waals surface area contributed by atoms with Gasteiger partial charge in [0.25, 0.3) is 0 Å². The molecular formula is C16H25ClN2. The average Bonchev–Trinajstić information content (AvgIpc) is 2.81. The van der Waals surface area contributed by atoms with Gasteiger partial charge in [0, 0.05) is 17.6 Å². The van der Waals surface area contributed by atoms with E-state index in [0.29, 0.717) is 6.04 Å². The van der Waals surface area contributed by atoms with Crippen molar-refractivity contribution in [1.82, 2.24) is 10.2 Å². The molecule has 106 valence electrons. The van der Waals surface area contributed by atoms with Crippen LogP contribution in [0.5, 0.6) is 0 Å². The van der Waals surface area contributed by atoms with E-state index in [4.69, 9.17) is 11.6 Å². The fourth-order valence-corrected chi connectivity index (χ4v) is 3.18. The van der Waals surface area contributed by atoms with Gasteiger partial charge < -0.3 is 10.2 Å².